The molecule has 4 atom stereocenters. The Balaban J connectivity index is 2.30. The quantitative estimate of drug-likeness (QED) is 0.878. The van der Waals surface area contributed by atoms with E-state index in [1.54, 1.807) is 0 Å². The third-order valence-electron chi connectivity index (χ3n) is 4.40. The lowest BCUT2D eigenvalue weighted by atomic mass is 9.85. The second kappa shape index (κ2) is 5.72. The van der Waals surface area contributed by atoms with E-state index in [1.165, 1.54) is 6.42 Å². The van der Waals surface area contributed by atoms with Gasteiger partial charge in [-0.05, 0) is 49.8 Å². The van der Waals surface area contributed by atoms with Crippen molar-refractivity contribution in [3.63, 3.8) is 0 Å². The van der Waals surface area contributed by atoms with Crippen molar-refractivity contribution in [2.75, 3.05) is 11.4 Å². The average Bonchev–Trinajstić information content (AvgIpc) is 2.33. The Bertz CT molecular complexity index is 444. The van der Waals surface area contributed by atoms with Gasteiger partial charge in [0.15, 0.2) is 0 Å². The van der Waals surface area contributed by atoms with Crippen LogP contribution in [0.25, 0.3) is 0 Å². The summed E-state index contributed by atoms with van der Waals surface area (Å²) in [5, 5.41) is 0.822. The van der Waals surface area contributed by atoms with Crippen molar-refractivity contribution in [3.8, 4) is 0 Å². The van der Waals surface area contributed by atoms with Gasteiger partial charge >= 0.3 is 0 Å². The van der Waals surface area contributed by atoms with Crippen molar-refractivity contribution < 1.29 is 0 Å². The highest BCUT2D eigenvalue weighted by atomic mass is 35.5. The molecule has 1 heterocycles. The molecular formula is C16H25ClN2. The highest BCUT2D eigenvalue weighted by Crippen LogP contribution is 2.36. The minimum absolute atomic E-state index is 0.0307. The summed E-state index contributed by atoms with van der Waals surface area (Å²) in [5.41, 5.74) is 8.16. The number of nitrogens with zero attached hydrogens (tertiary/aromatic N) is 1. The zero-order chi connectivity index (χ0) is 14.2. The Hall–Kier alpha value is -0.730. The summed E-state index contributed by atoms with van der Waals surface area (Å²) in [5.74, 6) is 1.42. The molecule has 0 saturated carbocycles. The molecule has 4 unspecified atom stereocenters. The molecule has 0 amide bonds. The Kier molecular flexibility index (Phi) is 4.42. The maximum atomic E-state index is 6.47. The number of rotatable bonds is 2. The summed E-state index contributed by atoms with van der Waals surface area (Å²) in [4.78, 5) is 2.45. The van der Waals surface area contributed by atoms with Crippen LogP contribution in [0.15, 0.2) is 18.2 Å². The third kappa shape index (κ3) is 3.06. The van der Waals surface area contributed by atoms with Crippen molar-refractivity contribution in [1.29, 1.82) is 0 Å². The highest BCUT2D eigenvalue weighted by Gasteiger charge is 2.29. The van der Waals surface area contributed by atoms with Crippen molar-refractivity contribution in [3.05, 3.63) is 28.8 Å². The van der Waals surface area contributed by atoms with E-state index in [2.05, 4.69) is 37.8 Å². The molecule has 0 aliphatic carbocycles. The number of anilines is 1. The molecule has 0 bridgehead atoms. The molecule has 2 N–H and O–H groups in total. The molecule has 3 heteroatoms. The molecule has 19 heavy (non-hydrogen) atoms. The molecule has 2 nitrogen and oxygen atoms in total. The van der Waals surface area contributed by atoms with E-state index in [-0.39, 0.29) is 6.04 Å². The Morgan fingerprint density at radius 3 is 2.58 bits per heavy atom. The lowest BCUT2D eigenvalue weighted by Crippen LogP contribution is -2.46. The Labute approximate surface area is 121 Å². The topological polar surface area (TPSA) is 29.3 Å². The normalized spacial score (nSPS) is 29.4. The smallest absolute Gasteiger partial charge is 0.0642 e. The van der Waals surface area contributed by atoms with Gasteiger partial charge in [-0.1, -0.05) is 31.5 Å². The van der Waals surface area contributed by atoms with Gasteiger partial charge in [0.2, 0.25) is 0 Å². The van der Waals surface area contributed by atoms with Crippen LogP contribution in [0.1, 0.15) is 45.7 Å². The molecule has 1 aromatic rings. The summed E-state index contributed by atoms with van der Waals surface area (Å²) in [6.45, 7) is 10.0. The lowest BCUT2D eigenvalue weighted by molar-refractivity contribution is 0.297. The molecule has 1 saturated heterocycles. The van der Waals surface area contributed by atoms with Crippen molar-refractivity contribution in [2.24, 2.45) is 17.6 Å². The minimum atomic E-state index is 0.0307. The van der Waals surface area contributed by atoms with Gasteiger partial charge in [-0.3, -0.25) is 0 Å². The van der Waals surface area contributed by atoms with E-state index in [4.69, 9.17) is 17.3 Å². The lowest BCUT2D eigenvalue weighted by Gasteiger charge is -2.43. The second-order valence-corrected chi connectivity index (χ2v) is 6.62. The highest BCUT2D eigenvalue weighted by molar-refractivity contribution is 6.33. The fourth-order valence-electron chi connectivity index (χ4n) is 3.07. The molecule has 2 rings (SSSR count). The number of hydrogen-bond donors (Lipinski definition) is 1. The van der Waals surface area contributed by atoms with E-state index in [9.17, 15) is 0 Å². The van der Waals surface area contributed by atoms with Crippen LogP contribution in [0.2, 0.25) is 5.02 Å². The van der Waals surface area contributed by atoms with Gasteiger partial charge in [0.25, 0.3) is 0 Å². The van der Waals surface area contributed by atoms with Gasteiger partial charge in [-0.2, -0.15) is 0 Å². The van der Waals surface area contributed by atoms with Crippen LogP contribution in [-0.2, 0) is 0 Å². The molecule has 1 fully saturated rings. The number of benzene rings is 1. The van der Waals surface area contributed by atoms with E-state index in [0.29, 0.717) is 12.0 Å². The van der Waals surface area contributed by atoms with E-state index in [0.717, 1.165) is 28.7 Å². The first-order chi connectivity index (χ1) is 8.90. The van der Waals surface area contributed by atoms with Crippen LogP contribution in [0.3, 0.4) is 0 Å². The van der Waals surface area contributed by atoms with Gasteiger partial charge in [0.1, 0.15) is 0 Å². The maximum Gasteiger partial charge on any atom is 0.0642 e. The fraction of sp³-hybridized carbons (Fsp3) is 0.625. The van der Waals surface area contributed by atoms with Crippen molar-refractivity contribution in [2.45, 2.75) is 46.2 Å². The van der Waals surface area contributed by atoms with Crippen LogP contribution in [0, 0.1) is 11.8 Å². The molecule has 1 aliphatic rings. The summed E-state index contributed by atoms with van der Waals surface area (Å²) in [6, 6.07) is 6.81. The molecule has 106 valence electrons. The number of halogens is 1. The van der Waals surface area contributed by atoms with E-state index in [1.807, 2.05) is 13.0 Å². The summed E-state index contributed by atoms with van der Waals surface area (Å²) < 4.78 is 0. The monoisotopic (exact) mass is 280 g/mol. The first kappa shape index (κ1) is 14.7. The van der Waals surface area contributed by atoms with Crippen molar-refractivity contribution in [1.82, 2.24) is 0 Å². The van der Waals surface area contributed by atoms with Gasteiger partial charge < -0.3 is 10.6 Å². The molecule has 0 spiro atoms. The molecule has 0 radical (unpaired) electrons. The average molecular weight is 281 g/mol. The summed E-state index contributed by atoms with van der Waals surface area (Å²) >= 11 is 6.47. The van der Waals surface area contributed by atoms with Crippen LogP contribution in [0.4, 0.5) is 5.69 Å². The summed E-state index contributed by atoms with van der Waals surface area (Å²) in [7, 11) is 0. The standard InChI is InChI=1S/C16H25ClN2/c1-10-7-11(2)13(4)19(9-10)16-6-5-14(12(3)18)8-15(16)17/h5-6,8,10-13H,7,9,18H2,1-4H3. The number of nitrogens with two attached hydrogens (primary N) is 1. The van der Waals surface area contributed by atoms with E-state index < -0.39 is 0 Å². The Morgan fingerprint density at radius 1 is 1.32 bits per heavy atom. The van der Waals surface area contributed by atoms with Gasteiger partial charge in [0, 0.05) is 18.6 Å². The van der Waals surface area contributed by atoms with Crippen LogP contribution < -0.4 is 10.6 Å². The molecular weight excluding hydrogens is 256 g/mol. The van der Waals surface area contributed by atoms with Gasteiger partial charge in [-0.25, -0.2) is 0 Å². The predicted octanol–water partition coefficient (Wildman–Crippen LogP) is 4.23. The van der Waals surface area contributed by atoms with E-state index >= 15 is 0 Å². The molecule has 1 aromatic carbocycles. The third-order valence-corrected chi connectivity index (χ3v) is 4.71. The van der Waals surface area contributed by atoms with Crippen LogP contribution >= 0.6 is 11.6 Å². The van der Waals surface area contributed by atoms with Crippen LogP contribution in [0.5, 0.6) is 0 Å². The zero-order valence-corrected chi connectivity index (χ0v) is 13.1. The first-order valence-electron chi connectivity index (χ1n) is 7.21. The Morgan fingerprint density at radius 2 is 2.00 bits per heavy atom. The summed E-state index contributed by atoms with van der Waals surface area (Å²) in [6.07, 6.45) is 1.30. The van der Waals surface area contributed by atoms with Gasteiger partial charge in [0.05, 0.1) is 10.7 Å². The SMILES string of the molecule is CC1CC(C)C(C)N(c2ccc(C(C)N)cc2Cl)C1. The largest absolute Gasteiger partial charge is 0.367 e. The van der Waals surface area contributed by atoms with Crippen molar-refractivity contribution >= 4 is 17.3 Å². The zero-order valence-electron chi connectivity index (χ0n) is 12.4. The molecule has 0 aromatic heterocycles. The second-order valence-electron chi connectivity index (χ2n) is 6.21. The van der Waals surface area contributed by atoms with Gasteiger partial charge in [-0.15, -0.1) is 0 Å². The predicted molar refractivity (Wildman–Crippen MR) is 83.8 cm³/mol. The van der Waals surface area contributed by atoms with Crippen LogP contribution in [-0.4, -0.2) is 12.6 Å². The number of piperidine rings is 1. The fourth-order valence-corrected chi connectivity index (χ4v) is 3.37. The maximum absolute atomic E-state index is 6.47. The molecule has 1 aliphatic heterocycles. The first-order valence-corrected chi connectivity index (χ1v) is 7.59. The number of hydrogen-bond acceptors (Lipinski definition) is 2. The minimum Gasteiger partial charge on any atom is -0.367 e.